The molecule has 174 valence electrons. The van der Waals surface area contributed by atoms with Crippen LogP contribution in [0.4, 0.5) is 0 Å². The van der Waals surface area contributed by atoms with Crippen LogP contribution in [0.1, 0.15) is 11.1 Å². The summed E-state index contributed by atoms with van der Waals surface area (Å²) >= 11 is 0. The molecule has 38 heavy (non-hydrogen) atoms. The second-order valence-electron chi connectivity index (χ2n) is 11.3. The number of fused-ring (bicyclic) bond motifs is 8. The molecule has 10 aromatic carbocycles. The Morgan fingerprint density at radius 2 is 0.711 bits per heavy atom. The Bertz CT molecular complexity index is 2620. The molecule has 0 spiro atoms. The number of hydrogen-bond donors (Lipinski definition) is 0. The van der Waals surface area contributed by atoms with Crippen LogP contribution in [-0.2, 0) is 0 Å². The van der Waals surface area contributed by atoms with Crippen LogP contribution >= 0.6 is 0 Å². The number of aryl methyl sites for hydroxylation is 2. The van der Waals surface area contributed by atoms with E-state index < -0.39 is 0 Å². The predicted molar refractivity (Wildman–Crippen MR) is 167 cm³/mol. The van der Waals surface area contributed by atoms with E-state index in [1.54, 1.807) is 0 Å². The molecule has 10 aromatic rings. The van der Waals surface area contributed by atoms with Crippen molar-refractivity contribution < 1.29 is 0 Å². The van der Waals surface area contributed by atoms with Gasteiger partial charge in [0.25, 0.3) is 0 Å². The Morgan fingerprint density at radius 3 is 1.29 bits per heavy atom. The molecule has 0 aliphatic heterocycles. The van der Waals surface area contributed by atoms with Gasteiger partial charge in [0.05, 0.1) is 0 Å². The van der Waals surface area contributed by atoms with Crippen LogP contribution in [0, 0.1) is 13.8 Å². The molecule has 0 atom stereocenters. The maximum atomic E-state index is 2.42. The average Bonchev–Trinajstić information content (AvgIpc) is 2.96. The van der Waals surface area contributed by atoms with Gasteiger partial charge in [-0.2, -0.15) is 0 Å². The van der Waals surface area contributed by atoms with E-state index in [1.165, 1.54) is 108 Å². The summed E-state index contributed by atoms with van der Waals surface area (Å²) in [5, 5.41) is 24.9. The third-order valence-electron chi connectivity index (χ3n) is 9.58. The maximum Gasteiger partial charge on any atom is -0.000718 e. The van der Waals surface area contributed by atoms with E-state index in [9.17, 15) is 0 Å². The minimum atomic E-state index is 1.30. The average molecular weight is 479 g/mol. The van der Waals surface area contributed by atoms with E-state index >= 15 is 0 Å². The highest BCUT2D eigenvalue weighted by molar-refractivity contribution is 6.51. The fourth-order valence-corrected chi connectivity index (χ4v) is 7.80. The molecule has 0 unspecified atom stereocenters. The summed E-state index contributed by atoms with van der Waals surface area (Å²) < 4.78 is 0. The van der Waals surface area contributed by atoms with Crippen LogP contribution in [0.15, 0.2) is 97.1 Å². The second-order valence-corrected chi connectivity index (χ2v) is 11.3. The monoisotopic (exact) mass is 478 g/mol. The van der Waals surface area contributed by atoms with Crippen LogP contribution in [0.2, 0.25) is 0 Å². The summed E-state index contributed by atoms with van der Waals surface area (Å²) in [7, 11) is 0. The first-order valence-corrected chi connectivity index (χ1v) is 13.5. The quantitative estimate of drug-likeness (QED) is 0.150. The zero-order valence-electron chi connectivity index (χ0n) is 21.2. The van der Waals surface area contributed by atoms with Crippen molar-refractivity contribution in [3.63, 3.8) is 0 Å². The van der Waals surface area contributed by atoms with Gasteiger partial charge in [-0.1, -0.05) is 97.1 Å². The van der Waals surface area contributed by atoms with E-state index in [4.69, 9.17) is 0 Å². The fraction of sp³-hybridized carbons (Fsp3) is 0.0526. The zero-order valence-corrected chi connectivity index (χ0v) is 21.2. The van der Waals surface area contributed by atoms with Crippen LogP contribution in [0.25, 0.3) is 97.0 Å². The Labute approximate surface area is 218 Å². The molecule has 0 N–H and O–H groups in total. The minimum Gasteiger partial charge on any atom is -0.0616 e. The van der Waals surface area contributed by atoms with Crippen LogP contribution < -0.4 is 0 Å². The summed E-state index contributed by atoms with van der Waals surface area (Å²) in [5.74, 6) is 0. The topological polar surface area (TPSA) is 0 Å². The van der Waals surface area contributed by atoms with Crippen LogP contribution in [0.5, 0.6) is 0 Å². The lowest BCUT2D eigenvalue weighted by atomic mass is 9.79. The Hall–Kier alpha value is -4.68. The Kier molecular flexibility index (Phi) is 3.19. The molecule has 0 aliphatic rings. The Morgan fingerprint density at radius 1 is 0.289 bits per heavy atom. The highest BCUT2D eigenvalue weighted by Crippen LogP contribution is 2.53. The first-order valence-electron chi connectivity index (χ1n) is 13.5. The molecule has 10 rings (SSSR count). The summed E-state index contributed by atoms with van der Waals surface area (Å²) in [6.07, 6.45) is 0. The summed E-state index contributed by atoms with van der Waals surface area (Å²) in [5.41, 5.74) is 2.71. The summed E-state index contributed by atoms with van der Waals surface area (Å²) in [6.45, 7) is 4.48. The molecular weight excluding hydrogens is 456 g/mol. The first-order chi connectivity index (χ1) is 18.7. The lowest BCUT2D eigenvalue weighted by Gasteiger charge is -2.24. The van der Waals surface area contributed by atoms with E-state index in [2.05, 4.69) is 111 Å². The van der Waals surface area contributed by atoms with E-state index in [-0.39, 0.29) is 0 Å². The van der Waals surface area contributed by atoms with Crippen molar-refractivity contribution in [3.8, 4) is 0 Å². The molecule has 0 fully saturated rings. The van der Waals surface area contributed by atoms with Gasteiger partial charge in [0.15, 0.2) is 0 Å². The normalized spacial score (nSPS) is 13.0. The molecule has 0 saturated carbocycles. The van der Waals surface area contributed by atoms with Crippen molar-refractivity contribution in [2.75, 3.05) is 0 Å². The molecule has 0 heteroatoms. The van der Waals surface area contributed by atoms with Gasteiger partial charge in [-0.25, -0.2) is 0 Å². The van der Waals surface area contributed by atoms with Gasteiger partial charge in [-0.05, 0) is 122 Å². The Balaban J connectivity index is 1.66. The zero-order chi connectivity index (χ0) is 24.9. The smallest absolute Gasteiger partial charge is 0.000718 e. The second kappa shape index (κ2) is 6.23. The predicted octanol–water partition coefficient (Wildman–Crippen LogP) is 11.0. The van der Waals surface area contributed by atoms with Crippen molar-refractivity contribution >= 4 is 97.0 Å². The van der Waals surface area contributed by atoms with Crippen molar-refractivity contribution in [3.05, 3.63) is 108 Å². The fourth-order valence-electron chi connectivity index (χ4n) is 7.80. The first kappa shape index (κ1) is 19.4. The maximum absolute atomic E-state index is 2.42. The van der Waals surface area contributed by atoms with Gasteiger partial charge >= 0.3 is 0 Å². The summed E-state index contributed by atoms with van der Waals surface area (Å²) in [6, 6.07) is 37.3. The van der Waals surface area contributed by atoms with E-state index in [1.807, 2.05) is 0 Å². The van der Waals surface area contributed by atoms with Gasteiger partial charge in [0.2, 0.25) is 0 Å². The van der Waals surface area contributed by atoms with Gasteiger partial charge < -0.3 is 0 Å². The molecule has 0 radical (unpaired) electrons. The third-order valence-corrected chi connectivity index (χ3v) is 9.58. The lowest BCUT2D eigenvalue weighted by Crippen LogP contribution is -1.95. The minimum absolute atomic E-state index is 1.30. The van der Waals surface area contributed by atoms with E-state index in [0.717, 1.165) is 0 Å². The molecule has 0 saturated heterocycles. The number of benzene rings is 10. The van der Waals surface area contributed by atoms with Crippen molar-refractivity contribution in [1.82, 2.24) is 0 Å². The van der Waals surface area contributed by atoms with Gasteiger partial charge in [0, 0.05) is 0 Å². The molecular formula is C38H22. The lowest BCUT2D eigenvalue weighted by molar-refractivity contribution is 1.37. The number of hydrogen-bond acceptors (Lipinski definition) is 0. The largest absolute Gasteiger partial charge is 0.0616 e. The molecule has 0 aliphatic carbocycles. The van der Waals surface area contributed by atoms with Gasteiger partial charge in [0.1, 0.15) is 0 Å². The highest BCUT2D eigenvalue weighted by Gasteiger charge is 2.24. The molecule has 0 bridgehead atoms. The molecule has 0 nitrogen and oxygen atoms in total. The van der Waals surface area contributed by atoms with Gasteiger partial charge in [-0.15, -0.1) is 0 Å². The standard InChI is InChI=1S/C38H22/c1-19-17-30-27-14-9-22-8-13-26-25-12-7-21-5-3-4-6-24(21)34(25)29-16-11-23-10-15-28(31(30)18-20(19)2)37-33(23)38(29)35(26)32(22)36(27)37/h3-18H,1-2H3. The van der Waals surface area contributed by atoms with Crippen molar-refractivity contribution in [2.24, 2.45) is 0 Å². The SMILES string of the molecule is Cc1cc2c(cc1C)c1ccc3ccc4c5c6ccccc6ccc5c5ccc6ccc2c2c6c5c4c3c12. The number of rotatable bonds is 0. The van der Waals surface area contributed by atoms with Crippen LogP contribution in [-0.4, -0.2) is 0 Å². The van der Waals surface area contributed by atoms with Gasteiger partial charge in [-0.3, -0.25) is 0 Å². The molecule has 0 aromatic heterocycles. The molecule has 0 amide bonds. The third kappa shape index (κ3) is 2.02. The van der Waals surface area contributed by atoms with Crippen molar-refractivity contribution in [2.45, 2.75) is 13.8 Å². The highest BCUT2D eigenvalue weighted by atomic mass is 14.3. The molecule has 0 heterocycles. The van der Waals surface area contributed by atoms with E-state index in [0.29, 0.717) is 0 Å². The van der Waals surface area contributed by atoms with Crippen molar-refractivity contribution in [1.29, 1.82) is 0 Å². The summed E-state index contributed by atoms with van der Waals surface area (Å²) in [4.78, 5) is 0. The van der Waals surface area contributed by atoms with Crippen LogP contribution in [0.3, 0.4) is 0 Å².